The highest BCUT2D eigenvalue weighted by Gasteiger charge is 2.31. The third-order valence-electron chi connectivity index (χ3n) is 3.89. The lowest BCUT2D eigenvalue weighted by molar-refractivity contribution is -0.0297. The fraction of sp³-hybridized carbons (Fsp3) is 1.00. The molecule has 0 radical (unpaired) electrons. The van der Waals surface area contributed by atoms with Crippen LogP contribution in [-0.4, -0.2) is 48.5 Å². The van der Waals surface area contributed by atoms with E-state index in [0.29, 0.717) is 6.10 Å². The largest absolute Gasteiger partial charge is 0.389 e. The maximum atomic E-state index is 10.4. The summed E-state index contributed by atoms with van der Waals surface area (Å²) in [6.45, 7) is 2.71. The molecule has 1 saturated heterocycles. The van der Waals surface area contributed by atoms with Crippen LogP contribution in [0.5, 0.6) is 0 Å². The molecule has 0 amide bonds. The third-order valence-corrected chi connectivity index (χ3v) is 3.89. The van der Waals surface area contributed by atoms with Crippen LogP contribution in [0.2, 0.25) is 0 Å². The van der Waals surface area contributed by atoms with E-state index in [0.717, 1.165) is 32.5 Å². The van der Waals surface area contributed by atoms with E-state index >= 15 is 0 Å². The maximum Gasteiger partial charge on any atom is 0.0774 e. The van der Waals surface area contributed by atoms with Crippen molar-refractivity contribution in [2.24, 2.45) is 0 Å². The van der Waals surface area contributed by atoms with Gasteiger partial charge in [0.05, 0.1) is 11.7 Å². The molecule has 2 fully saturated rings. The molecule has 0 bridgehead atoms. The minimum absolute atomic E-state index is 0.400. The van der Waals surface area contributed by atoms with Crippen molar-refractivity contribution >= 4 is 0 Å². The highest BCUT2D eigenvalue weighted by atomic mass is 16.5. The van der Waals surface area contributed by atoms with Crippen molar-refractivity contribution in [1.82, 2.24) is 4.90 Å². The number of hydrogen-bond donors (Lipinski definition) is 1. The fourth-order valence-corrected chi connectivity index (χ4v) is 3.07. The molecular weight excluding hydrogens is 202 g/mol. The van der Waals surface area contributed by atoms with E-state index in [1.165, 1.54) is 32.1 Å². The smallest absolute Gasteiger partial charge is 0.0774 e. The first-order valence-corrected chi connectivity index (χ1v) is 6.70. The second-order valence-corrected chi connectivity index (χ2v) is 5.62. The van der Waals surface area contributed by atoms with Crippen molar-refractivity contribution in [2.75, 3.05) is 26.7 Å². The van der Waals surface area contributed by atoms with Crippen molar-refractivity contribution in [3.8, 4) is 0 Å². The van der Waals surface area contributed by atoms with Crippen molar-refractivity contribution in [1.29, 1.82) is 0 Å². The summed E-state index contributed by atoms with van der Waals surface area (Å²) >= 11 is 0. The van der Waals surface area contributed by atoms with Crippen molar-refractivity contribution in [3.63, 3.8) is 0 Å². The highest BCUT2D eigenvalue weighted by Crippen LogP contribution is 2.28. The van der Waals surface area contributed by atoms with Crippen LogP contribution < -0.4 is 0 Å². The van der Waals surface area contributed by atoms with Crippen molar-refractivity contribution in [2.45, 2.75) is 56.7 Å². The van der Waals surface area contributed by atoms with Crippen LogP contribution >= 0.6 is 0 Å². The van der Waals surface area contributed by atoms with Gasteiger partial charge in [-0.3, -0.25) is 0 Å². The first-order valence-electron chi connectivity index (χ1n) is 6.70. The van der Waals surface area contributed by atoms with Crippen molar-refractivity contribution in [3.05, 3.63) is 0 Å². The number of aliphatic hydroxyl groups is 1. The van der Waals surface area contributed by atoms with Crippen molar-refractivity contribution < 1.29 is 9.84 Å². The first kappa shape index (κ1) is 12.3. The molecule has 1 saturated carbocycles. The molecular formula is C13H25NO2. The van der Waals surface area contributed by atoms with Gasteiger partial charge in [0.2, 0.25) is 0 Å². The quantitative estimate of drug-likeness (QED) is 0.795. The molecule has 16 heavy (non-hydrogen) atoms. The average Bonchev–Trinajstić information content (AvgIpc) is 2.70. The molecule has 0 spiro atoms. The lowest BCUT2D eigenvalue weighted by Crippen LogP contribution is -2.45. The number of rotatable bonds is 4. The molecule has 0 aromatic carbocycles. The van der Waals surface area contributed by atoms with Gasteiger partial charge < -0.3 is 14.7 Å². The normalized spacial score (nSPS) is 29.8. The molecule has 2 aliphatic rings. The van der Waals surface area contributed by atoms with E-state index in [-0.39, 0.29) is 0 Å². The monoisotopic (exact) mass is 227 g/mol. The van der Waals surface area contributed by atoms with E-state index in [9.17, 15) is 5.11 Å². The summed E-state index contributed by atoms with van der Waals surface area (Å²) in [4.78, 5) is 2.25. The number of hydrogen-bond acceptors (Lipinski definition) is 3. The minimum atomic E-state index is -0.425. The number of nitrogens with zero attached hydrogens (tertiary/aromatic N) is 1. The molecule has 1 aliphatic carbocycles. The van der Waals surface area contributed by atoms with Gasteiger partial charge in [-0.1, -0.05) is 19.3 Å². The highest BCUT2D eigenvalue weighted by molar-refractivity contribution is 4.85. The Kier molecular flexibility index (Phi) is 4.22. The lowest BCUT2D eigenvalue weighted by atomic mass is 9.84. The second kappa shape index (κ2) is 5.48. The summed E-state index contributed by atoms with van der Waals surface area (Å²) in [5.74, 6) is 0. The van der Waals surface area contributed by atoms with Gasteiger partial charge in [0, 0.05) is 19.7 Å². The zero-order valence-corrected chi connectivity index (χ0v) is 10.5. The number of ether oxygens (including phenoxy) is 1. The Hall–Kier alpha value is -0.120. The third kappa shape index (κ3) is 3.44. The Morgan fingerprint density at radius 3 is 2.62 bits per heavy atom. The molecule has 1 unspecified atom stereocenters. The summed E-state index contributed by atoms with van der Waals surface area (Å²) in [5.41, 5.74) is -0.425. The molecule has 3 nitrogen and oxygen atoms in total. The van der Waals surface area contributed by atoms with Gasteiger partial charge in [-0.05, 0) is 32.7 Å². The zero-order chi connectivity index (χ0) is 11.4. The second-order valence-electron chi connectivity index (χ2n) is 5.62. The Morgan fingerprint density at radius 2 is 2.00 bits per heavy atom. The predicted octanol–water partition coefficient (Wildman–Crippen LogP) is 1.79. The average molecular weight is 227 g/mol. The van der Waals surface area contributed by atoms with Crippen LogP contribution in [0.15, 0.2) is 0 Å². The summed E-state index contributed by atoms with van der Waals surface area (Å²) in [6, 6.07) is 0. The molecule has 1 atom stereocenters. The Bertz CT molecular complexity index is 208. The molecule has 0 aromatic rings. The maximum absolute atomic E-state index is 10.4. The first-order chi connectivity index (χ1) is 7.68. The van der Waals surface area contributed by atoms with Gasteiger partial charge in [0.25, 0.3) is 0 Å². The van der Waals surface area contributed by atoms with Gasteiger partial charge in [-0.15, -0.1) is 0 Å². The molecule has 1 heterocycles. The Labute approximate surface area is 98.8 Å². The SMILES string of the molecule is CN(CC1CCCO1)CC1(O)CCCCC1. The van der Waals surface area contributed by atoms with Gasteiger partial charge in [0.1, 0.15) is 0 Å². The van der Waals surface area contributed by atoms with Gasteiger partial charge >= 0.3 is 0 Å². The lowest BCUT2D eigenvalue weighted by Gasteiger charge is -2.36. The molecule has 3 heteroatoms. The summed E-state index contributed by atoms with van der Waals surface area (Å²) in [6.07, 6.45) is 8.39. The van der Waals surface area contributed by atoms with Crippen LogP contribution in [0.1, 0.15) is 44.9 Å². The Morgan fingerprint density at radius 1 is 1.25 bits per heavy atom. The van der Waals surface area contributed by atoms with Crippen LogP contribution in [-0.2, 0) is 4.74 Å². The standard InChI is InChI=1S/C13H25NO2/c1-14(10-12-6-5-9-16-12)11-13(15)7-3-2-4-8-13/h12,15H,2-11H2,1H3. The van der Waals surface area contributed by atoms with E-state index < -0.39 is 5.60 Å². The van der Waals surface area contributed by atoms with Crippen LogP contribution in [0.3, 0.4) is 0 Å². The molecule has 2 rings (SSSR count). The number of likely N-dealkylation sites (N-methyl/N-ethyl adjacent to an activating group) is 1. The van der Waals surface area contributed by atoms with E-state index in [2.05, 4.69) is 11.9 Å². The summed E-state index contributed by atoms with van der Waals surface area (Å²) in [5, 5.41) is 10.4. The molecule has 94 valence electrons. The summed E-state index contributed by atoms with van der Waals surface area (Å²) < 4.78 is 5.62. The van der Waals surface area contributed by atoms with E-state index in [1.807, 2.05) is 0 Å². The van der Waals surface area contributed by atoms with Crippen LogP contribution in [0.25, 0.3) is 0 Å². The fourth-order valence-electron chi connectivity index (χ4n) is 3.07. The predicted molar refractivity (Wildman–Crippen MR) is 64.5 cm³/mol. The van der Waals surface area contributed by atoms with Crippen LogP contribution in [0, 0.1) is 0 Å². The molecule has 1 aliphatic heterocycles. The minimum Gasteiger partial charge on any atom is -0.389 e. The van der Waals surface area contributed by atoms with Crippen LogP contribution in [0.4, 0.5) is 0 Å². The zero-order valence-electron chi connectivity index (χ0n) is 10.5. The molecule has 1 N–H and O–H groups in total. The molecule has 0 aromatic heterocycles. The van der Waals surface area contributed by atoms with Gasteiger partial charge in [-0.2, -0.15) is 0 Å². The van der Waals surface area contributed by atoms with Gasteiger partial charge in [-0.25, -0.2) is 0 Å². The Balaban J connectivity index is 1.74. The van der Waals surface area contributed by atoms with E-state index in [4.69, 9.17) is 4.74 Å². The summed E-state index contributed by atoms with van der Waals surface area (Å²) in [7, 11) is 2.11. The van der Waals surface area contributed by atoms with Gasteiger partial charge in [0.15, 0.2) is 0 Å². The topological polar surface area (TPSA) is 32.7 Å². The van der Waals surface area contributed by atoms with E-state index in [1.54, 1.807) is 0 Å².